The van der Waals surface area contributed by atoms with Crippen molar-refractivity contribution in [3.8, 4) is 0 Å². The molecule has 0 saturated carbocycles. The number of quaternary nitrogens is 2. The molecule has 1 aromatic heterocycles. The molecule has 1 aromatic carbocycles. The lowest BCUT2D eigenvalue weighted by Gasteiger charge is -2.29. The van der Waals surface area contributed by atoms with Gasteiger partial charge in [0.05, 0.1) is 0 Å². The van der Waals surface area contributed by atoms with Crippen LogP contribution in [0.25, 0.3) is 0 Å². The van der Waals surface area contributed by atoms with E-state index in [-0.39, 0.29) is 0 Å². The lowest BCUT2D eigenvalue weighted by molar-refractivity contribution is -1.03. The number of nitrogens with one attached hydrogen (secondary N) is 3. The number of hydrogen-bond donors (Lipinski definition) is 3. The Labute approximate surface area is 162 Å². The summed E-state index contributed by atoms with van der Waals surface area (Å²) < 4.78 is 2.77. The van der Waals surface area contributed by atoms with Gasteiger partial charge in [-0.1, -0.05) is 41.1 Å². The van der Waals surface area contributed by atoms with E-state index in [2.05, 4.69) is 29.1 Å². The van der Waals surface area contributed by atoms with Crippen LogP contribution in [0.1, 0.15) is 5.56 Å². The van der Waals surface area contributed by atoms with E-state index in [0.717, 1.165) is 53.5 Å². The molecule has 0 aliphatic carbocycles. The highest BCUT2D eigenvalue weighted by Gasteiger charge is 2.23. The summed E-state index contributed by atoms with van der Waals surface area (Å²) in [5, 5.41) is 9.47. The Morgan fingerprint density at radius 3 is 2.80 bits per heavy atom. The molecule has 8 heteroatoms. The predicted octanol–water partition coefficient (Wildman–Crippen LogP) is 0.866. The maximum atomic E-state index is 6.08. The normalized spacial score (nSPS) is 20.4. The van der Waals surface area contributed by atoms with Crippen LogP contribution in [0.2, 0.25) is 5.02 Å². The van der Waals surface area contributed by atoms with Gasteiger partial charge in [0, 0.05) is 17.1 Å². The molecule has 25 heavy (non-hydrogen) atoms. The van der Waals surface area contributed by atoms with E-state index in [1.807, 2.05) is 22.9 Å². The lowest BCUT2D eigenvalue weighted by Crippen LogP contribution is -3.27. The minimum Gasteiger partial charge on any atom is -0.357 e. The zero-order valence-corrected chi connectivity index (χ0v) is 16.5. The second-order valence-electron chi connectivity index (χ2n) is 6.31. The summed E-state index contributed by atoms with van der Waals surface area (Å²) in [6.45, 7) is 10.9. The maximum Gasteiger partial charge on any atom is 0.205 e. The summed E-state index contributed by atoms with van der Waals surface area (Å²) in [5.41, 5.74) is 1.31. The van der Waals surface area contributed by atoms with E-state index in [1.54, 1.807) is 4.90 Å². The van der Waals surface area contributed by atoms with Gasteiger partial charge in [0.2, 0.25) is 5.13 Å². The van der Waals surface area contributed by atoms with Gasteiger partial charge in [0.15, 0.2) is 10.6 Å². The summed E-state index contributed by atoms with van der Waals surface area (Å²) in [6, 6.07) is 8.18. The van der Waals surface area contributed by atoms with E-state index in [9.17, 15) is 0 Å². The number of anilines is 1. The van der Waals surface area contributed by atoms with E-state index in [4.69, 9.17) is 23.8 Å². The minimum absolute atomic E-state index is 0.709. The first-order chi connectivity index (χ1) is 12.1. The van der Waals surface area contributed by atoms with Gasteiger partial charge >= 0.3 is 0 Å². The van der Waals surface area contributed by atoms with Gasteiger partial charge in [-0.05, 0) is 24.4 Å². The van der Waals surface area contributed by atoms with Gasteiger partial charge in [-0.2, -0.15) is 4.68 Å². The first-order valence-electron chi connectivity index (χ1n) is 8.48. The van der Waals surface area contributed by atoms with Crippen molar-refractivity contribution in [1.82, 2.24) is 9.78 Å². The molecular weight excluding hydrogens is 374 g/mol. The number of halogens is 1. The van der Waals surface area contributed by atoms with E-state index in [1.165, 1.54) is 21.8 Å². The number of aromatic nitrogens is 2. The van der Waals surface area contributed by atoms with Crippen LogP contribution in [-0.4, -0.2) is 42.5 Å². The van der Waals surface area contributed by atoms with Crippen LogP contribution >= 0.6 is 35.2 Å². The third kappa shape index (κ3) is 5.36. The largest absolute Gasteiger partial charge is 0.357 e. The Morgan fingerprint density at radius 1 is 1.32 bits per heavy atom. The van der Waals surface area contributed by atoms with Gasteiger partial charge < -0.3 is 15.1 Å². The van der Waals surface area contributed by atoms with Crippen LogP contribution in [0.3, 0.4) is 0 Å². The van der Waals surface area contributed by atoms with Gasteiger partial charge in [-0.3, -0.25) is 0 Å². The third-order valence-electron chi connectivity index (χ3n) is 4.38. The van der Waals surface area contributed by atoms with Gasteiger partial charge in [0.1, 0.15) is 32.7 Å². The quantitative estimate of drug-likeness (QED) is 0.479. The van der Waals surface area contributed by atoms with Crippen LogP contribution in [0, 0.1) is 3.95 Å². The molecule has 2 aromatic rings. The molecule has 0 unspecified atom stereocenters. The third-order valence-corrected chi connectivity index (χ3v) is 5.89. The molecule has 134 valence electrons. The zero-order chi connectivity index (χ0) is 17.6. The summed E-state index contributed by atoms with van der Waals surface area (Å²) >= 11 is 13.0. The fourth-order valence-electron chi connectivity index (χ4n) is 3.08. The number of nitrogens with zero attached hydrogens (tertiary/aromatic N) is 2. The van der Waals surface area contributed by atoms with Gasteiger partial charge in [-0.15, -0.1) is 11.7 Å². The summed E-state index contributed by atoms with van der Waals surface area (Å²) in [6.07, 6.45) is 1.82. The Hall–Kier alpha value is -1.25. The Balaban J connectivity index is 1.50. The van der Waals surface area contributed by atoms with Crippen LogP contribution in [-0.2, 0) is 13.2 Å². The smallest absolute Gasteiger partial charge is 0.205 e. The average molecular weight is 398 g/mol. The standard InChI is InChI=1S/C17H22ClN5S2/c1-2-6-19-16-20-23(17(24)25-16)13-22-9-7-21(8-10-22)12-14-4-3-5-15(18)11-14/h2-5,11H,1,6-10,12-13H2,(H,19,20)/p+2. The molecular formula is C17H24ClN5S2+2. The molecule has 0 radical (unpaired) electrons. The highest BCUT2D eigenvalue weighted by Crippen LogP contribution is 2.13. The molecule has 1 fully saturated rings. The molecule has 3 rings (SSSR count). The van der Waals surface area contributed by atoms with Crippen molar-refractivity contribution in [2.24, 2.45) is 0 Å². The van der Waals surface area contributed by atoms with Crippen LogP contribution in [0.5, 0.6) is 0 Å². The summed E-state index contributed by atoms with van der Waals surface area (Å²) in [7, 11) is 0. The average Bonchev–Trinajstić information content (AvgIpc) is 2.94. The fourth-order valence-corrected chi connectivity index (χ4v) is 4.30. The zero-order valence-electron chi connectivity index (χ0n) is 14.1. The van der Waals surface area contributed by atoms with Crippen LogP contribution in [0.15, 0.2) is 36.9 Å². The molecule has 0 atom stereocenters. The van der Waals surface area contributed by atoms with Gasteiger partial charge in [-0.25, -0.2) is 0 Å². The second kappa shape index (κ2) is 8.91. The van der Waals surface area contributed by atoms with Crippen molar-refractivity contribution >= 4 is 40.3 Å². The monoisotopic (exact) mass is 397 g/mol. The number of piperazine rings is 1. The Morgan fingerprint density at radius 2 is 2.08 bits per heavy atom. The summed E-state index contributed by atoms with van der Waals surface area (Å²) in [5.74, 6) is 0. The SMILES string of the molecule is C=CCNc1nn(C[NH+]2CC[NH+](Cc3cccc(Cl)c3)CC2)c(=S)s1. The molecule has 5 nitrogen and oxygen atoms in total. The van der Waals surface area contributed by atoms with Crippen molar-refractivity contribution in [3.05, 3.63) is 51.5 Å². The summed E-state index contributed by atoms with van der Waals surface area (Å²) in [4.78, 5) is 3.15. The number of rotatable bonds is 7. The molecule has 0 amide bonds. The molecule has 1 saturated heterocycles. The van der Waals surface area contributed by atoms with Crippen molar-refractivity contribution in [3.63, 3.8) is 0 Å². The molecule has 0 spiro atoms. The number of benzene rings is 1. The molecule has 1 aliphatic heterocycles. The van der Waals surface area contributed by atoms with Crippen LogP contribution in [0.4, 0.5) is 5.13 Å². The second-order valence-corrected chi connectivity index (χ2v) is 8.37. The van der Waals surface area contributed by atoms with Gasteiger partial charge in [0.25, 0.3) is 0 Å². The molecule has 1 aliphatic rings. The highest BCUT2D eigenvalue weighted by molar-refractivity contribution is 7.73. The first kappa shape index (κ1) is 18.5. The Bertz CT molecular complexity index is 764. The number of hydrogen-bond acceptors (Lipinski definition) is 4. The minimum atomic E-state index is 0.709. The van der Waals surface area contributed by atoms with E-state index >= 15 is 0 Å². The van der Waals surface area contributed by atoms with E-state index < -0.39 is 0 Å². The maximum absolute atomic E-state index is 6.08. The van der Waals surface area contributed by atoms with Crippen molar-refractivity contribution in [1.29, 1.82) is 0 Å². The fraction of sp³-hybridized carbons (Fsp3) is 0.412. The molecule has 0 bridgehead atoms. The Kier molecular flexibility index (Phi) is 6.61. The first-order valence-corrected chi connectivity index (χ1v) is 10.1. The molecule has 2 heterocycles. The van der Waals surface area contributed by atoms with Crippen molar-refractivity contribution < 1.29 is 9.80 Å². The molecule has 3 N–H and O–H groups in total. The lowest BCUT2D eigenvalue weighted by atomic mass is 10.2. The van der Waals surface area contributed by atoms with Crippen LogP contribution < -0.4 is 15.1 Å². The topological polar surface area (TPSA) is 38.7 Å². The highest BCUT2D eigenvalue weighted by atomic mass is 35.5. The van der Waals surface area contributed by atoms with Crippen molar-refractivity contribution in [2.75, 3.05) is 38.0 Å². The predicted molar refractivity (Wildman–Crippen MR) is 106 cm³/mol. The van der Waals surface area contributed by atoms with Crippen molar-refractivity contribution in [2.45, 2.75) is 13.2 Å². The van der Waals surface area contributed by atoms with E-state index in [0.29, 0.717) is 6.54 Å².